The third-order valence-corrected chi connectivity index (χ3v) is 2.02. The topological polar surface area (TPSA) is 83.6 Å². The fraction of sp³-hybridized carbons (Fsp3) is 0.0909. The minimum absolute atomic E-state index is 0.0725. The van der Waals surface area contributed by atoms with Gasteiger partial charge in [-0.1, -0.05) is 6.07 Å². The van der Waals surface area contributed by atoms with Crippen LogP contribution in [0, 0.1) is 0 Å². The summed E-state index contributed by atoms with van der Waals surface area (Å²) < 4.78 is 5.29. The second kappa shape index (κ2) is 4.16. The molecule has 0 fully saturated rings. The summed E-state index contributed by atoms with van der Waals surface area (Å²) in [7, 11) is 0. The molecule has 0 saturated carbocycles. The molecule has 5 nitrogen and oxygen atoms in total. The Bertz CT molecular complexity index is 556. The van der Waals surface area contributed by atoms with E-state index >= 15 is 0 Å². The van der Waals surface area contributed by atoms with Crippen LogP contribution in [-0.4, -0.2) is 21.2 Å². The number of aromatic nitrogens is 1. The molecule has 1 aromatic carbocycles. The SMILES string of the molecule is O=C(O)/C=C/c1nc2ccc(CO)cc2o1. The standard InChI is InChI=1S/C11H9NO4/c13-6-7-1-2-8-9(5-7)16-10(12-8)3-4-11(14)15/h1-5,13H,6H2,(H,14,15)/b4-3+. The van der Waals surface area contributed by atoms with Crippen LogP contribution in [0.4, 0.5) is 0 Å². The van der Waals surface area contributed by atoms with Crippen LogP contribution in [0.5, 0.6) is 0 Å². The molecule has 0 aliphatic rings. The van der Waals surface area contributed by atoms with Gasteiger partial charge in [0.05, 0.1) is 6.61 Å². The zero-order valence-corrected chi connectivity index (χ0v) is 8.25. The van der Waals surface area contributed by atoms with Crippen molar-refractivity contribution in [3.05, 3.63) is 35.7 Å². The maximum atomic E-state index is 10.3. The molecule has 0 aliphatic carbocycles. The first kappa shape index (κ1) is 10.4. The quantitative estimate of drug-likeness (QED) is 0.762. The molecule has 0 spiro atoms. The van der Waals surface area contributed by atoms with E-state index in [0.717, 1.165) is 11.6 Å². The number of nitrogens with zero attached hydrogens (tertiary/aromatic N) is 1. The number of fused-ring (bicyclic) bond motifs is 1. The number of carbonyl (C=O) groups is 1. The Balaban J connectivity index is 2.40. The molecule has 16 heavy (non-hydrogen) atoms. The highest BCUT2D eigenvalue weighted by Crippen LogP contribution is 2.18. The summed E-state index contributed by atoms with van der Waals surface area (Å²) in [6, 6.07) is 5.11. The molecule has 5 heteroatoms. The zero-order valence-electron chi connectivity index (χ0n) is 8.25. The third kappa shape index (κ3) is 2.09. The monoisotopic (exact) mass is 219 g/mol. The number of aliphatic hydroxyl groups excluding tert-OH is 1. The van der Waals surface area contributed by atoms with E-state index in [9.17, 15) is 4.79 Å². The highest BCUT2D eigenvalue weighted by Gasteiger charge is 2.04. The number of hydrogen-bond acceptors (Lipinski definition) is 4. The Kier molecular flexibility index (Phi) is 2.70. The van der Waals surface area contributed by atoms with Crippen molar-refractivity contribution in [2.75, 3.05) is 0 Å². The first-order valence-corrected chi connectivity index (χ1v) is 4.60. The van der Waals surface area contributed by atoms with Crippen LogP contribution in [0.1, 0.15) is 11.5 Å². The van der Waals surface area contributed by atoms with E-state index in [-0.39, 0.29) is 12.5 Å². The fourth-order valence-corrected chi connectivity index (χ4v) is 1.30. The highest BCUT2D eigenvalue weighted by atomic mass is 16.4. The molecule has 0 atom stereocenters. The van der Waals surface area contributed by atoms with Gasteiger partial charge in [-0.05, 0) is 17.7 Å². The molecule has 1 aromatic heterocycles. The second-order valence-electron chi connectivity index (χ2n) is 3.18. The van der Waals surface area contributed by atoms with Crippen molar-refractivity contribution in [3.63, 3.8) is 0 Å². The summed E-state index contributed by atoms with van der Waals surface area (Å²) in [5.74, 6) is -0.828. The molecular weight excluding hydrogens is 210 g/mol. The second-order valence-corrected chi connectivity index (χ2v) is 3.18. The van der Waals surface area contributed by atoms with Gasteiger partial charge >= 0.3 is 5.97 Å². The Morgan fingerprint density at radius 2 is 2.31 bits per heavy atom. The highest BCUT2D eigenvalue weighted by molar-refractivity contribution is 5.85. The van der Waals surface area contributed by atoms with Crippen molar-refractivity contribution in [2.45, 2.75) is 6.61 Å². The van der Waals surface area contributed by atoms with Crippen LogP contribution in [0.25, 0.3) is 17.2 Å². The van der Waals surface area contributed by atoms with Crippen LogP contribution in [-0.2, 0) is 11.4 Å². The van der Waals surface area contributed by atoms with Crippen molar-refractivity contribution in [1.82, 2.24) is 4.98 Å². The summed E-state index contributed by atoms with van der Waals surface area (Å²) in [5.41, 5.74) is 1.87. The molecule has 0 bridgehead atoms. The van der Waals surface area contributed by atoms with Gasteiger partial charge < -0.3 is 14.6 Å². The van der Waals surface area contributed by atoms with Crippen LogP contribution < -0.4 is 0 Å². The van der Waals surface area contributed by atoms with Crippen molar-refractivity contribution in [2.24, 2.45) is 0 Å². The van der Waals surface area contributed by atoms with Gasteiger partial charge in [0.1, 0.15) is 5.52 Å². The number of oxazole rings is 1. The van der Waals surface area contributed by atoms with Crippen LogP contribution in [0.2, 0.25) is 0 Å². The number of carboxylic acids is 1. The van der Waals surface area contributed by atoms with Crippen molar-refractivity contribution >= 4 is 23.1 Å². The predicted molar refractivity (Wildman–Crippen MR) is 56.6 cm³/mol. The van der Waals surface area contributed by atoms with Gasteiger partial charge in [-0.3, -0.25) is 0 Å². The maximum absolute atomic E-state index is 10.3. The molecule has 2 rings (SSSR count). The molecule has 0 radical (unpaired) electrons. The van der Waals surface area contributed by atoms with E-state index in [2.05, 4.69) is 4.98 Å². The number of carboxylic acid groups (broad SMARTS) is 1. The lowest BCUT2D eigenvalue weighted by Gasteiger charge is -1.92. The van der Waals surface area contributed by atoms with Crippen LogP contribution in [0.15, 0.2) is 28.7 Å². The summed E-state index contributed by atoms with van der Waals surface area (Å²) in [5, 5.41) is 17.4. The largest absolute Gasteiger partial charge is 0.478 e. The van der Waals surface area contributed by atoms with Gasteiger partial charge in [-0.15, -0.1) is 0 Å². The molecule has 0 unspecified atom stereocenters. The normalized spacial score (nSPS) is 11.3. The van der Waals surface area contributed by atoms with E-state index in [1.54, 1.807) is 18.2 Å². The number of rotatable bonds is 3. The Morgan fingerprint density at radius 3 is 3.00 bits per heavy atom. The maximum Gasteiger partial charge on any atom is 0.328 e. The van der Waals surface area contributed by atoms with E-state index in [4.69, 9.17) is 14.6 Å². The van der Waals surface area contributed by atoms with Gasteiger partial charge in [-0.2, -0.15) is 0 Å². The predicted octanol–water partition coefficient (Wildman–Crippen LogP) is 1.42. The molecule has 0 aliphatic heterocycles. The third-order valence-electron chi connectivity index (χ3n) is 2.02. The molecule has 0 amide bonds. The fourth-order valence-electron chi connectivity index (χ4n) is 1.30. The number of aliphatic carboxylic acids is 1. The van der Waals surface area contributed by atoms with E-state index < -0.39 is 5.97 Å². The minimum atomic E-state index is -1.06. The summed E-state index contributed by atoms with van der Waals surface area (Å²) >= 11 is 0. The average Bonchev–Trinajstić information content (AvgIpc) is 2.67. The van der Waals surface area contributed by atoms with Gasteiger partial charge in [-0.25, -0.2) is 9.78 Å². The first-order valence-electron chi connectivity index (χ1n) is 4.60. The molecule has 2 aromatic rings. The molecule has 0 saturated heterocycles. The summed E-state index contributed by atoms with van der Waals surface area (Å²) in [6.45, 7) is -0.0725. The van der Waals surface area contributed by atoms with Crippen molar-refractivity contribution < 1.29 is 19.4 Å². The van der Waals surface area contributed by atoms with E-state index in [1.807, 2.05) is 0 Å². The van der Waals surface area contributed by atoms with Gasteiger partial charge in [0.25, 0.3) is 0 Å². The minimum Gasteiger partial charge on any atom is -0.478 e. The Morgan fingerprint density at radius 1 is 1.50 bits per heavy atom. The Labute approximate surface area is 90.6 Å². The molecule has 82 valence electrons. The van der Waals surface area contributed by atoms with Gasteiger partial charge in [0.15, 0.2) is 5.58 Å². The average molecular weight is 219 g/mol. The lowest BCUT2D eigenvalue weighted by Crippen LogP contribution is -1.85. The first-order chi connectivity index (χ1) is 7.69. The molecule has 1 heterocycles. The Hall–Kier alpha value is -2.14. The van der Waals surface area contributed by atoms with Crippen LogP contribution >= 0.6 is 0 Å². The van der Waals surface area contributed by atoms with E-state index in [0.29, 0.717) is 11.1 Å². The smallest absolute Gasteiger partial charge is 0.328 e. The number of hydrogen-bond donors (Lipinski definition) is 2. The zero-order chi connectivity index (χ0) is 11.5. The van der Waals surface area contributed by atoms with Gasteiger partial charge in [0, 0.05) is 12.2 Å². The molecular formula is C11H9NO4. The molecule has 2 N–H and O–H groups in total. The lowest BCUT2D eigenvalue weighted by atomic mass is 10.2. The van der Waals surface area contributed by atoms with Crippen molar-refractivity contribution in [1.29, 1.82) is 0 Å². The van der Waals surface area contributed by atoms with Crippen molar-refractivity contribution in [3.8, 4) is 0 Å². The van der Waals surface area contributed by atoms with Gasteiger partial charge in [0.2, 0.25) is 5.89 Å². The van der Waals surface area contributed by atoms with Crippen LogP contribution in [0.3, 0.4) is 0 Å². The summed E-state index contributed by atoms with van der Waals surface area (Å²) in [6.07, 6.45) is 2.23. The number of benzene rings is 1. The summed E-state index contributed by atoms with van der Waals surface area (Å²) in [4.78, 5) is 14.4. The number of aliphatic hydroxyl groups is 1. The lowest BCUT2D eigenvalue weighted by molar-refractivity contribution is -0.131. The van der Waals surface area contributed by atoms with E-state index in [1.165, 1.54) is 6.08 Å².